The summed E-state index contributed by atoms with van der Waals surface area (Å²) < 4.78 is 9.95. The zero-order valence-corrected chi connectivity index (χ0v) is 7.51. The molecule has 2 aliphatic heterocycles. The Morgan fingerprint density at radius 2 is 1.43 bits per heavy atom. The van der Waals surface area contributed by atoms with Gasteiger partial charge in [-0.05, 0) is 0 Å². The molecule has 2 heterocycles. The van der Waals surface area contributed by atoms with Crippen molar-refractivity contribution in [1.82, 2.24) is 0 Å². The average Bonchev–Trinajstić information content (AvgIpc) is 2.67. The summed E-state index contributed by atoms with van der Waals surface area (Å²) in [7, 11) is 0. The highest BCUT2D eigenvalue weighted by atomic mass is 16.6. The van der Waals surface area contributed by atoms with Gasteiger partial charge in [0.05, 0.1) is 12.2 Å². The second-order valence-electron chi connectivity index (χ2n) is 3.33. The van der Waals surface area contributed by atoms with Crippen molar-refractivity contribution in [3.63, 3.8) is 0 Å². The van der Waals surface area contributed by atoms with Crippen molar-refractivity contribution in [2.24, 2.45) is 11.8 Å². The fourth-order valence-corrected chi connectivity index (χ4v) is 1.96. The molecule has 0 bridgehead atoms. The number of fused-ring (bicyclic) bond motifs is 1. The van der Waals surface area contributed by atoms with Crippen molar-refractivity contribution in [3.05, 3.63) is 25.3 Å². The van der Waals surface area contributed by atoms with E-state index in [2.05, 4.69) is 17.9 Å². The lowest BCUT2D eigenvalue weighted by Crippen LogP contribution is -2.23. The zero-order valence-electron chi connectivity index (χ0n) is 7.51. The van der Waals surface area contributed by atoms with E-state index in [1.54, 1.807) is 0 Å². The van der Waals surface area contributed by atoms with Crippen molar-refractivity contribution >= 4 is 11.9 Å². The van der Waals surface area contributed by atoms with E-state index in [9.17, 15) is 9.59 Å². The molecule has 0 aromatic rings. The largest absolute Gasteiger partial charge is 0.393 e. The Labute approximate surface area is 81.2 Å². The molecule has 0 saturated carbocycles. The molecular formula is C10H10O4. The van der Waals surface area contributed by atoms with E-state index in [1.807, 2.05) is 0 Å². The van der Waals surface area contributed by atoms with E-state index < -0.39 is 36.0 Å². The van der Waals surface area contributed by atoms with Gasteiger partial charge in [0.25, 0.3) is 0 Å². The molecule has 0 aromatic carbocycles. The van der Waals surface area contributed by atoms with Gasteiger partial charge in [-0.3, -0.25) is 9.59 Å². The van der Waals surface area contributed by atoms with Gasteiger partial charge in [0, 0.05) is 0 Å². The molecule has 2 aliphatic rings. The third-order valence-electron chi connectivity index (χ3n) is 2.62. The second-order valence-corrected chi connectivity index (χ2v) is 3.33. The van der Waals surface area contributed by atoms with Crippen LogP contribution in [0.3, 0.4) is 0 Å². The maximum atomic E-state index is 11.3. The van der Waals surface area contributed by atoms with Crippen molar-refractivity contribution in [1.29, 1.82) is 0 Å². The number of esters is 2. The number of rotatable bonds is 2. The Hall–Kier alpha value is -1.42. The summed E-state index contributed by atoms with van der Waals surface area (Å²) in [6.45, 7) is 7.11. The summed E-state index contributed by atoms with van der Waals surface area (Å²) in [6.07, 6.45) is 2.14. The van der Waals surface area contributed by atoms with Crippen LogP contribution in [0, 0.1) is 11.8 Å². The van der Waals surface area contributed by atoms with Crippen LogP contribution in [0.1, 0.15) is 0 Å². The molecule has 4 nitrogen and oxygen atoms in total. The molecule has 2 fully saturated rings. The number of carbonyl (C=O) groups is 2. The first-order valence-electron chi connectivity index (χ1n) is 4.35. The van der Waals surface area contributed by atoms with Crippen molar-refractivity contribution in [3.8, 4) is 0 Å². The van der Waals surface area contributed by atoms with Crippen molar-refractivity contribution in [2.75, 3.05) is 0 Å². The molecule has 2 saturated heterocycles. The first-order valence-corrected chi connectivity index (χ1v) is 4.35. The standard InChI is InChI=1S/C10H10O4/c1-3-5-7-8(6(4-2)13-5)10(12)14-9(7)11/h3-8H,1-2H2/t5?,6?,7-,8+. The molecule has 0 radical (unpaired) electrons. The summed E-state index contributed by atoms with van der Waals surface area (Å²) in [5.41, 5.74) is 0. The summed E-state index contributed by atoms with van der Waals surface area (Å²) in [4.78, 5) is 22.6. The summed E-state index contributed by atoms with van der Waals surface area (Å²) in [5, 5.41) is 0. The molecule has 14 heavy (non-hydrogen) atoms. The van der Waals surface area contributed by atoms with Gasteiger partial charge < -0.3 is 9.47 Å². The van der Waals surface area contributed by atoms with Crippen LogP contribution in [-0.4, -0.2) is 24.1 Å². The lowest BCUT2D eigenvalue weighted by atomic mass is 9.89. The molecule has 0 N–H and O–H groups in total. The third-order valence-corrected chi connectivity index (χ3v) is 2.62. The molecule has 2 unspecified atom stereocenters. The molecule has 74 valence electrons. The average molecular weight is 194 g/mol. The molecular weight excluding hydrogens is 184 g/mol. The van der Waals surface area contributed by atoms with Gasteiger partial charge in [0.2, 0.25) is 0 Å². The number of hydrogen-bond donors (Lipinski definition) is 0. The van der Waals surface area contributed by atoms with E-state index in [4.69, 9.17) is 4.74 Å². The van der Waals surface area contributed by atoms with Gasteiger partial charge in [0.15, 0.2) is 0 Å². The predicted molar refractivity (Wildman–Crippen MR) is 47.1 cm³/mol. The van der Waals surface area contributed by atoms with E-state index in [-0.39, 0.29) is 0 Å². The summed E-state index contributed by atoms with van der Waals surface area (Å²) in [6, 6.07) is 0. The maximum Gasteiger partial charge on any atom is 0.320 e. The second kappa shape index (κ2) is 3.06. The number of cyclic esters (lactones) is 2. The lowest BCUT2D eigenvalue weighted by Gasteiger charge is -2.09. The van der Waals surface area contributed by atoms with Gasteiger partial charge >= 0.3 is 11.9 Å². The molecule has 2 rings (SSSR count). The smallest absolute Gasteiger partial charge is 0.320 e. The minimum Gasteiger partial charge on any atom is -0.393 e. The van der Waals surface area contributed by atoms with E-state index in [0.717, 1.165) is 0 Å². The highest BCUT2D eigenvalue weighted by molar-refractivity contribution is 5.98. The normalized spacial score (nSPS) is 40.6. The van der Waals surface area contributed by atoms with Crippen LogP contribution < -0.4 is 0 Å². The van der Waals surface area contributed by atoms with Crippen LogP contribution in [0.25, 0.3) is 0 Å². The number of carbonyl (C=O) groups excluding carboxylic acids is 2. The molecule has 0 amide bonds. The molecule has 0 aromatic heterocycles. The lowest BCUT2D eigenvalue weighted by molar-refractivity contribution is -0.156. The first-order chi connectivity index (χ1) is 6.69. The fourth-order valence-electron chi connectivity index (χ4n) is 1.96. The van der Waals surface area contributed by atoms with Crippen LogP contribution in [0.5, 0.6) is 0 Å². The van der Waals surface area contributed by atoms with Crippen LogP contribution >= 0.6 is 0 Å². The fraction of sp³-hybridized carbons (Fsp3) is 0.400. The Morgan fingerprint density at radius 3 is 1.79 bits per heavy atom. The van der Waals surface area contributed by atoms with E-state index in [0.29, 0.717) is 0 Å². The first kappa shape index (κ1) is 9.15. The third kappa shape index (κ3) is 1.04. The van der Waals surface area contributed by atoms with Crippen LogP contribution in [0.2, 0.25) is 0 Å². The van der Waals surface area contributed by atoms with Gasteiger partial charge in [-0.25, -0.2) is 0 Å². The SMILES string of the molecule is C=CC1OC(C=C)[C@@H]2C(=O)OC(=O)[C@H]12. The Morgan fingerprint density at radius 1 is 1.00 bits per heavy atom. The van der Waals surface area contributed by atoms with Gasteiger partial charge in [0.1, 0.15) is 11.8 Å². The Balaban J connectivity index is 2.35. The monoisotopic (exact) mass is 194 g/mol. The van der Waals surface area contributed by atoms with Gasteiger partial charge in [-0.15, -0.1) is 13.2 Å². The molecule has 0 aliphatic carbocycles. The van der Waals surface area contributed by atoms with Gasteiger partial charge in [-0.1, -0.05) is 12.2 Å². The van der Waals surface area contributed by atoms with Crippen molar-refractivity contribution < 1.29 is 19.1 Å². The number of hydrogen-bond acceptors (Lipinski definition) is 4. The maximum absolute atomic E-state index is 11.3. The minimum absolute atomic E-state index is 0.443. The highest BCUT2D eigenvalue weighted by Gasteiger charge is 2.56. The Bertz CT molecular complexity index is 290. The summed E-state index contributed by atoms with van der Waals surface area (Å²) >= 11 is 0. The van der Waals surface area contributed by atoms with E-state index in [1.165, 1.54) is 12.2 Å². The zero-order chi connectivity index (χ0) is 10.3. The number of ether oxygens (including phenoxy) is 2. The molecule has 0 spiro atoms. The van der Waals surface area contributed by atoms with Crippen LogP contribution in [0.4, 0.5) is 0 Å². The molecule has 4 heteroatoms. The predicted octanol–water partition coefficient (Wildman–Crippen LogP) is 0.442. The molecule has 4 atom stereocenters. The minimum atomic E-state index is -0.539. The quantitative estimate of drug-likeness (QED) is 0.363. The van der Waals surface area contributed by atoms with E-state index >= 15 is 0 Å². The van der Waals surface area contributed by atoms with Crippen molar-refractivity contribution in [2.45, 2.75) is 12.2 Å². The summed E-state index contributed by atoms with van der Waals surface area (Å²) in [5.74, 6) is -2.12. The van der Waals surface area contributed by atoms with Crippen LogP contribution in [-0.2, 0) is 19.1 Å². The highest BCUT2D eigenvalue weighted by Crippen LogP contribution is 2.39. The van der Waals surface area contributed by atoms with Crippen LogP contribution in [0.15, 0.2) is 25.3 Å². The van der Waals surface area contributed by atoms with Gasteiger partial charge in [-0.2, -0.15) is 0 Å². The Kier molecular flexibility index (Phi) is 2.00. The topological polar surface area (TPSA) is 52.6 Å².